The van der Waals surface area contributed by atoms with E-state index in [0.29, 0.717) is 62.7 Å². The van der Waals surface area contributed by atoms with Crippen LogP contribution >= 0.6 is 0 Å². The van der Waals surface area contributed by atoms with Crippen molar-refractivity contribution < 1.29 is 21.6 Å². The van der Waals surface area contributed by atoms with Gasteiger partial charge in [0.2, 0.25) is 20.0 Å². The van der Waals surface area contributed by atoms with E-state index < -0.39 is 20.0 Å². The molecule has 0 radical (unpaired) electrons. The summed E-state index contributed by atoms with van der Waals surface area (Å²) in [5.74, 6) is 0.548. The van der Waals surface area contributed by atoms with E-state index in [0.717, 1.165) is 16.9 Å². The highest BCUT2D eigenvalue weighted by molar-refractivity contribution is 7.88. The molecule has 0 bridgehead atoms. The molecular formula is C24H31N7O5S2. The second kappa shape index (κ2) is 10.7. The number of benzene rings is 1. The summed E-state index contributed by atoms with van der Waals surface area (Å²) in [6.07, 6.45) is 5.36. The lowest BCUT2D eigenvalue weighted by Gasteiger charge is -2.34. The molecule has 2 aliphatic rings. The number of pyridine rings is 1. The van der Waals surface area contributed by atoms with Gasteiger partial charge in [0, 0.05) is 69.5 Å². The number of anilines is 2. The Morgan fingerprint density at radius 1 is 0.921 bits per heavy atom. The van der Waals surface area contributed by atoms with Crippen molar-refractivity contribution in [2.24, 2.45) is 0 Å². The van der Waals surface area contributed by atoms with Gasteiger partial charge >= 0.3 is 0 Å². The second-order valence-electron chi connectivity index (χ2n) is 9.47. The minimum Gasteiger partial charge on any atom is -0.374 e. The van der Waals surface area contributed by atoms with Crippen LogP contribution in [0.3, 0.4) is 0 Å². The number of aromatic nitrogens is 3. The van der Waals surface area contributed by atoms with Crippen molar-refractivity contribution in [3.05, 3.63) is 42.7 Å². The molecule has 1 atom stereocenters. The van der Waals surface area contributed by atoms with Gasteiger partial charge < -0.3 is 15.0 Å². The monoisotopic (exact) mass is 561 g/mol. The van der Waals surface area contributed by atoms with Crippen LogP contribution in [-0.2, 0) is 24.8 Å². The van der Waals surface area contributed by atoms with Crippen LogP contribution in [0.1, 0.15) is 0 Å². The van der Waals surface area contributed by atoms with Gasteiger partial charge in [0.1, 0.15) is 5.52 Å². The predicted molar refractivity (Wildman–Crippen MR) is 146 cm³/mol. The lowest BCUT2D eigenvalue weighted by atomic mass is 10.1. The SMILES string of the molecule is CS(=O)(=O)N1CCN(c2ccc(-c3cc4nccnc4c(NCC4CN(S(C)(=O)=O)CCO4)n3)cc2)CC1. The molecule has 2 aromatic heterocycles. The zero-order chi connectivity index (χ0) is 26.9. The Morgan fingerprint density at radius 3 is 2.29 bits per heavy atom. The minimum atomic E-state index is -3.29. The lowest BCUT2D eigenvalue weighted by Crippen LogP contribution is -2.48. The molecule has 1 N–H and O–H groups in total. The van der Waals surface area contributed by atoms with E-state index in [1.165, 1.54) is 21.1 Å². The second-order valence-corrected chi connectivity index (χ2v) is 13.4. The number of nitrogens with zero attached hydrogens (tertiary/aromatic N) is 6. The predicted octanol–water partition coefficient (Wildman–Crippen LogP) is 0.846. The van der Waals surface area contributed by atoms with Gasteiger partial charge in [-0.2, -0.15) is 8.61 Å². The smallest absolute Gasteiger partial charge is 0.211 e. The fourth-order valence-electron chi connectivity index (χ4n) is 4.69. The fourth-order valence-corrected chi connectivity index (χ4v) is 6.36. The van der Waals surface area contributed by atoms with E-state index in [2.05, 4.69) is 20.2 Å². The van der Waals surface area contributed by atoms with E-state index in [9.17, 15) is 16.8 Å². The van der Waals surface area contributed by atoms with Gasteiger partial charge in [-0.25, -0.2) is 26.8 Å². The van der Waals surface area contributed by atoms with Crippen molar-refractivity contribution >= 4 is 42.6 Å². The first-order valence-corrected chi connectivity index (χ1v) is 16.0. The van der Waals surface area contributed by atoms with Crippen molar-refractivity contribution in [3.8, 4) is 11.3 Å². The molecule has 1 unspecified atom stereocenters. The Bertz CT molecular complexity index is 1510. The standard InChI is InChI=1S/C24H31N7O5S2/c1-37(32,33)30-11-9-29(10-12-30)19-5-3-18(4-6-19)21-15-22-23(26-8-7-25-22)24(28-21)27-16-20-17-31(13-14-36-20)38(2,34)35/h3-8,15,20H,9-14,16-17H2,1-2H3,(H,27,28). The first-order valence-electron chi connectivity index (χ1n) is 12.3. The molecule has 12 nitrogen and oxygen atoms in total. The third kappa shape index (κ3) is 6.04. The third-order valence-corrected chi connectivity index (χ3v) is 9.33. The number of hydrogen-bond donors (Lipinski definition) is 1. The van der Waals surface area contributed by atoms with Crippen LogP contribution in [0, 0.1) is 0 Å². The first kappa shape index (κ1) is 26.7. The van der Waals surface area contributed by atoms with E-state index in [1.807, 2.05) is 30.3 Å². The van der Waals surface area contributed by atoms with Crippen molar-refractivity contribution in [1.29, 1.82) is 0 Å². The van der Waals surface area contributed by atoms with E-state index in [-0.39, 0.29) is 12.6 Å². The zero-order valence-corrected chi connectivity index (χ0v) is 22.9. The van der Waals surface area contributed by atoms with E-state index >= 15 is 0 Å². The summed E-state index contributed by atoms with van der Waals surface area (Å²) < 4.78 is 56.2. The molecule has 2 saturated heterocycles. The van der Waals surface area contributed by atoms with Gasteiger partial charge in [-0.3, -0.25) is 4.98 Å². The maximum atomic E-state index is 12.0. The number of rotatable bonds is 7. The van der Waals surface area contributed by atoms with Gasteiger partial charge in [0.05, 0.1) is 36.4 Å². The highest BCUT2D eigenvalue weighted by atomic mass is 32.2. The average Bonchev–Trinajstić information content (AvgIpc) is 2.91. The highest BCUT2D eigenvalue weighted by Gasteiger charge is 2.27. The molecule has 0 aliphatic carbocycles. The molecule has 5 rings (SSSR count). The average molecular weight is 562 g/mol. The van der Waals surface area contributed by atoms with Gasteiger partial charge in [0.15, 0.2) is 5.82 Å². The van der Waals surface area contributed by atoms with E-state index in [4.69, 9.17) is 9.72 Å². The summed E-state index contributed by atoms with van der Waals surface area (Å²) in [7, 11) is -6.46. The molecule has 38 heavy (non-hydrogen) atoms. The molecule has 2 fully saturated rings. The van der Waals surface area contributed by atoms with Crippen molar-refractivity contribution in [1.82, 2.24) is 23.6 Å². The Morgan fingerprint density at radius 2 is 1.61 bits per heavy atom. The summed E-state index contributed by atoms with van der Waals surface area (Å²) in [6.45, 7) is 3.51. The maximum absolute atomic E-state index is 12.0. The molecule has 2 aliphatic heterocycles. The summed E-state index contributed by atoms with van der Waals surface area (Å²) in [6, 6.07) is 9.88. The van der Waals surface area contributed by atoms with Crippen LogP contribution in [-0.4, -0.2) is 111 Å². The number of morpholine rings is 1. The summed E-state index contributed by atoms with van der Waals surface area (Å²) in [5, 5.41) is 3.30. The number of piperazine rings is 1. The molecule has 3 aromatic rings. The van der Waals surface area contributed by atoms with Crippen LogP contribution in [0.5, 0.6) is 0 Å². The van der Waals surface area contributed by atoms with Gasteiger partial charge in [0.25, 0.3) is 0 Å². The van der Waals surface area contributed by atoms with Crippen molar-refractivity contribution in [3.63, 3.8) is 0 Å². The van der Waals surface area contributed by atoms with Crippen LogP contribution in [0.15, 0.2) is 42.7 Å². The largest absolute Gasteiger partial charge is 0.374 e. The van der Waals surface area contributed by atoms with Crippen LogP contribution < -0.4 is 10.2 Å². The van der Waals surface area contributed by atoms with Crippen LogP contribution in [0.2, 0.25) is 0 Å². The van der Waals surface area contributed by atoms with Crippen LogP contribution in [0.4, 0.5) is 11.5 Å². The third-order valence-electron chi connectivity index (χ3n) is 6.76. The molecule has 1 aromatic carbocycles. The number of sulfonamides is 2. The number of fused-ring (bicyclic) bond motifs is 1. The maximum Gasteiger partial charge on any atom is 0.211 e. The first-order chi connectivity index (χ1) is 18.1. The van der Waals surface area contributed by atoms with Gasteiger partial charge in [-0.1, -0.05) is 12.1 Å². The zero-order valence-electron chi connectivity index (χ0n) is 21.3. The molecular weight excluding hydrogens is 530 g/mol. The summed E-state index contributed by atoms with van der Waals surface area (Å²) in [4.78, 5) is 15.9. The summed E-state index contributed by atoms with van der Waals surface area (Å²) in [5.41, 5.74) is 3.94. The van der Waals surface area contributed by atoms with Gasteiger partial charge in [-0.05, 0) is 18.2 Å². The Labute approximate surface area is 222 Å². The molecule has 4 heterocycles. The van der Waals surface area contributed by atoms with E-state index in [1.54, 1.807) is 12.4 Å². The van der Waals surface area contributed by atoms with Gasteiger partial charge in [-0.15, -0.1) is 0 Å². The molecule has 0 amide bonds. The number of nitrogens with one attached hydrogen (secondary N) is 1. The molecule has 204 valence electrons. The van der Waals surface area contributed by atoms with Crippen molar-refractivity contribution in [2.45, 2.75) is 6.10 Å². The Kier molecular flexibility index (Phi) is 7.51. The number of hydrogen-bond acceptors (Lipinski definition) is 10. The lowest BCUT2D eigenvalue weighted by molar-refractivity contribution is 0.00702. The summed E-state index contributed by atoms with van der Waals surface area (Å²) >= 11 is 0. The topological polar surface area (TPSA) is 138 Å². The Hall–Kier alpha value is -2.91. The quantitative estimate of drug-likeness (QED) is 0.442. The molecule has 0 saturated carbocycles. The fraction of sp³-hybridized carbons (Fsp3) is 0.458. The highest BCUT2D eigenvalue weighted by Crippen LogP contribution is 2.28. The molecule has 0 spiro atoms. The minimum absolute atomic E-state index is 0.273. The van der Waals surface area contributed by atoms with Crippen LogP contribution in [0.25, 0.3) is 22.3 Å². The Balaban J connectivity index is 1.33. The van der Waals surface area contributed by atoms with Crippen molar-refractivity contribution in [2.75, 3.05) is 75.1 Å². The number of ether oxygens (including phenoxy) is 1. The normalized spacial score (nSPS) is 20.1. The molecule has 14 heteroatoms.